The van der Waals surface area contributed by atoms with Crippen molar-refractivity contribution in [2.45, 2.75) is 82.6 Å². The van der Waals surface area contributed by atoms with Crippen molar-refractivity contribution in [1.29, 1.82) is 0 Å². The lowest BCUT2D eigenvalue weighted by atomic mass is 9.94. The highest BCUT2D eigenvalue weighted by atomic mass is 16.4. The Labute approximate surface area is 128 Å². The number of piperidine rings is 1. The van der Waals surface area contributed by atoms with Gasteiger partial charge in [0.15, 0.2) is 0 Å². The summed E-state index contributed by atoms with van der Waals surface area (Å²) in [7, 11) is 0. The summed E-state index contributed by atoms with van der Waals surface area (Å²) in [4.78, 5) is 1.90. The SMILES string of the molecule is CCCCCCCCCCN1C[C@H](O)[C@@H](O)[C@@H](O)[C@H]1CO. The maximum absolute atomic E-state index is 9.89. The molecule has 1 aliphatic rings. The van der Waals surface area contributed by atoms with Gasteiger partial charge in [-0.15, -0.1) is 0 Å². The molecule has 0 aromatic carbocycles. The molecular weight excluding hydrogens is 270 g/mol. The molecule has 5 heteroatoms. The van der Waals surface area contributed by atoms with E-state index < -0.39 is 24.4 Å². The predicted octanol–water partition coefficient (Wildman–Crippen LogP) is 0.886. The first kappa shape index (κ1) is 18.8. The van der Waals surface area contributed by atoms with E-state index in [2.05, 4.69) is 6.92 Å². The van der Waals surface area contributed by atoms with Gasteiger partial charge in [0.05, 0.1) is 18.8 Å². The topological polar surface area (TPSA) is 84.2 Å². The summed E-state index contributed by atoms with van der Waals surface area (Å²) in [5.41, 5.74) is 0. The van der Waals surface area contributed by atoms with Crippen molar-refractivity contribution >= 4 is 0 Å². The molecule has 4 atom stereocenters. The summed E-state index contributed by atoms with van der Waals surface area (Å²) in [6.45, 7) is 3.10. The van der Waals surface area contributed by atoms with Crippen LogP contribution in [0.3, 0.4) is 0 Å². The Hall–Kier alpha value is -0.200. The molecule has 126 valence electrons. The van der Waals surface area contributed by atoms with Crippen molar-refractivity contribution in [3.63, 3.8) is 0 Å². The van der Waals surface area contributed by atoms with E-state index in [0.717, 1.165) is 19.4 Å². The highest BCUT2D eigenvalue weighted by molar-refractivity contribution is 4.93. The molecule has 0 saturated carbocycles. The van der Waals surface area contributed by atoms with Crippen molar-refractivity contribution in [3.05, 3.63) is 0 Å². The van der Waals surface area contributed by atoms with E-state index in [0.29, 0.717) is 6.54 Å². The average molecular weight is 303 g/mol. The van der Waals surface area contributed by atoms with Gasteiger partial charge in [0.25, 0.3) is 0 Å². The summed E-state index contributed by atoms with van der Waals surface area (Å²) in [6, 6.07) is -0.465. The molecular formula is C16H33NO4. The first-order valence-electron chi connectivity index (χ1n) is 8.51. The fourth-order valence-corrected chi connectivity index (χ4v) is 3.08. The molecule has 0 aromatic rings. The molecule has 1 rings (SSSR count). The number of rotatable bonds is 10. The number of nitrogens with zero attached hydrogens (tertiary/aromatic N) is 1. The minimum absolute atomic E-state index is 0.192. The van der Waals surface area contributed by atoms with Crippen LogP contribution in [0.15, 0.2) is 0 Å². The van der Waals surface area contributed by atoms with E-state index in [1.54, 1.807) is 0 Å². The number of unbranched alkanes of at least 4 members (excludes halogenated alkanes) is 7. The van der Waals surface area contributed by atoms with Crippen molar-refractivity contribution in [3.8, 4) is 0 Å². The van der Waals surface area contributed by atoms with Crippen LogP contribution in [0.5, 0.6) is 0 Å². The van der Waals surface area contributed by atoms with E-state index in [9.17, 15) is 20.4 Å². The van der Waals surface area contributed by atoms with E-state index in [1.165, 1.54) is 38.5 Å². The number of aliphatic hydroxyl groups excluding tert-OH is 4. The second-order valence-corrected chi connectivity index (χ2v) is 6.27. The van der Waals surface area contributed by atoms with Crippen molar-refractivity contribution < 1.29 is 20.4 Å². The van der Waals surface area contributed by atoms with Crippen LogP contribution in [-0.2, 0) is 0 Å². The van der Waals surface area contributed by atoms with E-state index in [1.807, 2.05) is 4.90 Å². The summed E-state index contributed by atoms with van der Waals surface area (Å²) >= 11 is 0. The Morgan fingerprint density at radius 1 is 0.857 bits per heavy atom. The van der Waals surface area contributed by atoms with Crippen LogP contribution in [0.25, 0.3) is 0 Å². The Balaban J connectivity index is 2.18. The summed E-state index contributed by atoms with van der Waals surface area (Å²) in [5.74, 6) is 0. The second kappa shape index (κ2) is 10.5. The largest absolute Gasteiger partial charge is 0.395 e. The van der Waals surface area contributed by atoms with Gasteiger partial charge in [-0.2, -0.15) is 0 Å². The fraction of sp³-hybridized carbons (Fsp3) is 1.00. The molecule has 21 heavy (non-hydrogen) atoms. The fourth-order valence-electron chi connectivity index (χ4n) is 3.08. The Morgan fingerprint density at radius 3 is 2.00 bits per heavy atom. The molecule has 0 spiro atoms. The van der Waals surface area contributed by atoms with E-state index in [-0.39, 0.29) is 6.61 Å². The van der Waals surface area contributed by atoms with Crippen LogP contribution in [0.2, 0.25) is 0 Å². The van der Waals surface area contributed by atoms with Gasteiger partial charge in [-0.05, 0) is 13.0 Å². The summed E-state index contributed by atoms with van der Waals surface area (Å²) < 4.78 is 0. The zero-order valence-corrected chi connectivity index (χ0v) is 13.3. The maximum Gasteiger partial charge on any atom is 0.109 e. The van der Waals surface area contributed by atoms with Gasteiger partial charge in [0.1, 0.15) is 12.2 Å². The predicted molar refractivity (Wildman–Crippen MR) is 83.1 cm³/mol. The number of β-amino-alcohol motifs (C(OH)–C–C–N with tert-alkyl or cyclic N) is 1. The molecule has 0 radical (unpaired) electrons. The molecule has 0 unspecified atom stereocenters. The molecule has 5 nitrogen and oxygen atoms in total. The first-order chi connectivity index (χ1) is 10.1. The minimum atomic E-state index is -1.16. The van der Waals surface area contributed by atoms with Crippen molar-refractivity contribution in [2.75, 3.05) is 19.7 Å². The highest BCUT2D eigenvalue weighted by Crippen LogP contribution is 2.19. The third-order valence-electron chi connectivity index (χ3n) is 4.51. The van der Waals surface area contributed by atoms with Crippen molar-refractivity contribution in [1.82, 2.24) is 4.90 Å². The van der Waals surface area contributed by atoms with Gasteiger partial charge in [-0.1, -0.05) is 51.9 Å². The molecule has 1 aliphatic heterocycles. The minimum Gasteiger partial charge on any atom is -0.395 e. The van der Waals surface area contributed by atoms with Crippen LogP contribution in [0.4, 0.5) is 0 Å². The lowest BCUT2D eigenvalue weighted by Gasteiger charge is -2.43. The standard InChI is InChI=1S/C16H33NO4/c1-2-3-4-5-6-7-8-9-10-17-11-14(19)16(21)15(20)13(17)12-18/h13-16,18-21H,2-12H2,1H3/t13-,14+,15+,16-/m1/s1. The van der Waals surface area contributed by atoms with Crippen LogP contribution in [0.1, 0.15) is 58.3 Å². The molecule has 0 aromatic heterocycles. The van der Waals surface area contributed by atoms with Crippen LogP contribution in [-0.4, -0.2) is 69.4 Å². The zero-order valence-electron chi connectivity index (χ0n) is 13.3. The Kier molecular flexibility index (Phi) is 9.44. The molecule has 1 heterocycles. The molecule has 4 N–H and O–H groups in total. The van der Waals surface area contributed by atoms with Gasteiger partial charge >= 0.3 is 0 Å². The van der Waals surface area contributed by atoms with E-state index in [4.69, 9.17) is 0 Å². The summed E-state index contributed by atoms with van der Waals surface area (Å²) in [6.07, 6.45) is 6.68. The highest BCUT2D eigenvalue weighted by Gasteiger charge is 2.40. The molecule has 0 bridgehead atoms. The quantitative estimate of drug-likeness (QED) is 0.450. The number of aliphatic hydroxyl groups is 4. The third-order valence-corrected chi connectivity index (χ3v) is 4.51. The van der Waals surface area contributed by atoms with Gasteiger partial charge < -0.3 is 20.4 Å². The normalized spacial score (nSPS) is 30.7. The number of hydrogen-bond donors (Lipinski definition) is 4. The lowest BCUT2D eigenvalue weighted by Crippen LogP contribution is -2.62. The van der Waals surface area contributed by atoms with Gasteiger partial charge in [0, 0.05) is 6.54 Å². The lowest BCUT2D eigenvalue weighted by molar-refractivity contribution is -0.145. The Morgan fingerprint density at radius 2 is 1.43 bits per heavy atom. The van der Waals surface area contributed by atoms with Crippen molar-refractivity contribution in [2.24, 2.45) is 0 Å². The van der Waals surface area contributed by atoms with Gasteiger partial charge in [-0.25, -0.2) is 0 Å². The zero-order chi connectivity index (χ0) is 15.7. The monoisotopic (exact) mass is 303 g/mol. The maximum atomic E-state index is 9.89. The average Bonchev–Trinajstić information content (AvgIpc) is 2.48. The first-order valence-corrected chi connectivity index (χ1v) is 8.51. The van der Waals surface area contributed by atoms with Gasteiger partial charge in [-0.3, -0.25) is 4.90 Å². The Bertz CT molecular complexity index is 265. The third kappa shape index (κ3) is 6.20. The van der Waals surface area contributed by atoms with Crippen LogP contribution >= 0.6 is 0 Å². The second-order valence-electron chi connectivity index (χ2n) is 6.27. The number of hydrogen-bond acceptors (Lipinski definition) is 5. The molecule has 0 amide bonds. The van der Waals surface area contributed by atoms with E-state index >= 15 is 0 Å². The van der Waals surface area contributed by atoms with Crippen LogP contribution in [0, 0.1) is 0 Å². The van der Waals surface area contributed by atoms with Crippen LogP contribution < -0.4 is 0 Å². The number of likely N-dealkylation sites (tertiary alicyclic amines) is 1. The smallest absolute Gasteiger partial charge is 0.109 e. The molecule has 1 fully saturated rings. The summed E-state index contributed by atoms with van der Waals surface area (Å²) in [5, 5.41) is 38.6. The molecule has 0 aliphatic carbocycles. The van der Waals surface area contributed by atoms with Gasteiger partial charge in [0.2, 0.25) is 0 Å². The molecule has 1 saturated heterocycles.